The third-order valence-electron chi connectivity index (χ3n) is 4.23. The van der Waals surface area contributed by atoms with Crippen LogP contribution in [0, 0.1) is 0 Å². The summed E-state index contributed by atoms with van der Waals surface area (Å²) in [4.78, 5) is 32.3. The van der Waals surface area contributed by atoms with E-state index in [-0.39, 0.29) is 24.5 Å². The Morgan fingerprint density at radius 1 is 1.41 bits per heavy atom. The van der Waals surface area contributed by atoms with Crippen molar-refractivity contribution in [2.75, 3.05) is 26.2 Å². The highest BCUT2D eigenvalue weighted by Gasteiger charge is 2.40. The Morgan fingerprint density at radius 2 is 2.18 bits per heavy atom. The molecule has 0 radical (unpaired) electrons. The van der Waals surface area contributed by atoms with Crippen molar-refractivity contribution >= 4 is 18.2 Å². The summed E-state index contributed by atoms with van der Waals surface area (Å²) in [5.41, 5.74) is 0. The summed E-state index contributed by atoms with van der Waals surface area (Å²) in [6.07, 6.45) is 7.13. The molecule has 7 nitrogen and oxygen atoms in total. The quantitative estimate of drug-likeness (QED) is 0.745. The zero-order valence-corrected chi connectivity index (χ0v) is 12.8. The predicted molar refractivity (Wildman–Crippen MR) is 81.1 cm³/mol. The lowest BCUT2D eigenvalue weighted by molar-refractivity contribution is -0.144. The van der Waals surface area contributed by atoms with Gasteiger partial charge in [0.05, 0.1) is 12.9 Å². The van der Waals surface area contributed by atoms with Crippen LogP contribution in [-0.2, 0) is 14.3 Å². The fourth-order valence-corrected chi connectivity index (χ4v) is 3.17. The average molecular weight is 306 g/mol. The second-order valence-electron chi connectivity index (χ2n) is 5.77. The smallest absolute Gasteiger partial charge is 0.325 e. The van der Waals surface area contributed by atoms with Gasteiger partial charge in [-0.2, -0.15) is 0 Å². The molecule has 1 amide bonds. The molecular weight excluding hydrogens is 284 g/mol. The Bertz CT molecular complexity index is 511. The topological polar surface area (TPSA) is 74.2 Å². The molecule has 3 rings (SSSR count). The highest BCUT2D eigenvalue weighted by Crippen LogP contribution is 2.23. The zero-order chi connectivity index (χ0) is 15.5. The number of amides is 1. The number of esters is 1. The Morgan fingerprint density at radius 3 is 2.91 bits per heavy atom. The summed E-state index contributed by atoms with van der Waals surface area (Å²) < 4.78 is 4.94. The maximum absolute atomic E-state index is 12.4. The van der Waals surface area contributed by atoms with Crippen LogP contribution >= 0.6 is 0 Å². The molecule has 2 atom stereocenters. The number of aliphatic imine (C=N–C) groups is 1. The first-order chi connectivity index (χ1) is 10.7. The number of nitrogens with one attached hydrogen (secondary N) is 1. The molecular formula is C15H22N4O3. The number of carbonyl (C=O) groups excluding carboxylic acids is 2. The van der Waals surface area contributed by atoms with Gasteiger partial charge in [-0.1, -0.05) is 0 Å². The maximum Gasteiger partial charge on any atom is 0.325 e. The van der Waals surface area contributed by atoms with Crippen LogP contribution in [0.25, 0.3) is 0 Å². The molecule has 2 unspecified atom stereocenters. The number of ether oxygens (including phenoxy) is 1. The van der Waals surface area contributed by atoms with Crippen molar-refractivity contribution in [3.05, 3.63) is 11.9 Å². The van der Waals surface area contributed by atoms with Crippen LogP contribution in [0.15, 0.2) is 16.9 Å². The van der Waals surface area contributed by atoms with Gasteiger partial charge in [-0.3, -0.25) is 14.6 Å². The van der Waals surface area contributed by atoms with Gasteiger partial charge in [0.25, 0.3) is 5.91 Å². The van der Waals surface area contributed by atoms with Gasteiger partial charge in [0.15, 0.2) is 0 Å². The van der Waals surface area contributed by atoms with Crippen molar-refractivity contribution in [3.63, 3.8) is 0 Å². The predicted octanol–water partition coefficient (Wildman–Crippen LogP) is 0.0877. The van der Waals surface area contributed by atoms with Gasteiger partial charge >= 0.3 is 5.97 Å². The van der Waals surface area contributed by atoms with E-state index in [0.29, 0.717) is 6.61 Å². The minimum absolute atomic E-state index is 0.0544. The van der Waals surface area contributed by atoms with Crippen molar-refractivity contribution in [1.82, 2.24) is 15.1 Å². The van der Waals surface area contributed by atoms with Gasteiger partial charge in [-0.25, -0.2) is 0 Å². The molecule has 0 aromatic rings. The third-order valence-corrected chi connectivity index (χ3v) is 4.23. The fourth-order valence-electron chi connectivity index (χ4n) is 3.17. The van der Waals surface area contributed by atoms with E-state index in [4.69, 9.17) is 4.74 Å². The lowest BCUT2D eigenvalue weighted by atomic mass is 10.0. The van der Waals surface area contributed by atoms with Crippen LogP contribution in [0.1, 0.15) is 26.2 Å². The number of hydrogen-bond acceptors (Lipinski definition) is 6. The van der Waals surface area contributed by atoms with Crippen molar-refractivity contribution in [3.8, 4) is 0 Å². The molecule has 120 valence electrons. The summed E-state index contributed by atoms with van der Waals surface area (Å²) in [6, 6.07) is -0.668. The van der Waals surface area contributed by atoms with E-state index in [2.05, 4.69) is 15.2 Å². The SMILES string of the molecule is CCOC(=O)CN1C=NC2C=C(N3CCCCC3)NC(=O)C21. The summed E-state index contributed by atoms with van der Waals surface area (Å²) in [6.45, 7) is 4.10. The molecule has 0 aromatic heterocycles. The maximum atomic E-state index is 12.4. The molecule has 3 aliphatic rings. The van der Waals surface area contributed by atoms with Gasteiger partial charge in [0, 0.05) is 13.1 Å². The minimum Gasteiger partial charge on any atom is -0.465 e. The molecule has 0 aromatic carbocycles. The van der Waals surface area contributed by atoms with Crippen molar-refractivity contribution in [2.24, 2.45) is 4.99 Å². The second kappa shape index (κ2) is 6.37. The molecule has 0 aliphatic carbocycles. The Balaban J connectivity index is 1.68. The highest BCUT2D eigenvalue weighted by molar-refractivity contribution is 5.91. The molecule has 1 N–H and O–H groups in total. The van der Waals surface area contributed by atoms with Crippen LogP contribution in [0.4, 0.5) is 0 Å². The van der Waals surface area contributed by atoms with E-state index < -0.39 is 6.04 Å². The third kappa shape index (κ3) is 2.93. The summed E-state index contributed by atoms with van der Waals surface area (Å²) in [5.74, 6) is 0.421. The van der Waals surface area contributed by atoms with Crippen molar-refractivity contribution in [2.45, 2.75) is 38.3 Å². The molecule has 1 saturated heterocycles. The fraction of sp³-hybridized carbons (Fsp3) is 0.667. The van der Waals surface area contributed by atoms with E-state index in [1.54, 1.807) is 18.2 Å². The van der Waals surface area contributed by atoms with E-state index in [1.807, 2.05) is 6.08 Å². The Kier molecular flexibility index (Phi) is 4.31. The van der Waals surface area contributed by atoms with Crippen LogP contribution < -0.4 is 5.32 Å². The van der Waals surface area contributed by atoms with E-state index in [1.165, 1.54) is 6.42 Å². The summed E-state index contributed by atoms with van der Waals surface area (Å²) >= 11 is 0. The van der Waals surface area contributed by atoms with Crippen LogP contribution in [-0.4, -0.2) is 66.3 Å². The second-order valence-corrected chi connectivity index (χ2v) is 5.77. The molecule has 0 spiro atoms. The van der Waals surface area contributed by atoms with Crippen molar-refractivity contribution < 1.29 is 14.3 Å². The standard InChI is InChI=1S/C15H22N4O3/c1-2-22-13(20)9-19-10-16-11-8-12(17-15(21)14(11)19)18-6-4-3-5-7-18/h8,10-11,14H,2-7,9H2,1H3,(H,17,21). The largest absolute Gasteiger partial charge is 0.465 e. The molecule has 0 bridgehead atoms. The Hall–Kier alpha value is -2.05. The number of rotatable bonds is 4. The zero-order valence-electron chi connectivity index (χ0n) is 12.8. The first-order valence-corrected chi connectivity index (χ1v) is 7.91. The molecule has 3 aliphatic heterocycles. The number of nitrogens with zero attached hydrogens (tertiary/aromatic N) is 3. The number of piperidine rings is 1. The van der Waals surface area contributed by atoms with Crippen LogP contribution in [0.2, 0.25) is 0 Å². The molecule has 0 saturated carbocycles. The van der Waals surface area contributed by atoms with Gasteiger partial charge in [-0.15, -0.1) is 0 Å². The summed E-state index contributed by atoms with van der Waals surface area (Å²) in [5, 5.41) is 2.97. The lowest BCUT2D eigenvalue weighted by Gasteiger charge is -2.36. The van der Waals surface area contributed by atoms with E-state index in [9.17, 15) is 9.59 Å². The molecule has 3 heterocycles. The first-order valence-electron chi connectivity index (χ1n) is 7.91. The highest BCUT2D eigenvalue weighted by atomic mass is 16.5. The minimum atomic E-state index is -0.446. The van der Waals surface area contributed by atoms with Gasteiger partial charge in [0.1, 0.15) is 24.4 Å². The molecule has 22 heavy (non-hydrogen) atoms. The molecule has 7 heteroatoms. The number of likely N-dealkylation sites (tertiary alicyclic amines) is 1. The first kappa shape index (κ1) is 14.9. The number of hydrogen-bond donors (Lipinski definition) is 1. The summed E-state index contributed by atoms with van der Waals surface area (Å²) in [7, 11) is 0. The van der Waals surface area contributed by atoms with Gasteiger partial charge in [0.2, 0.25) is 0 Å². The van der Waals surface area contributed by atoms with Gasteiger partial charge in [-0.05, 0) is 32.3 Å². The van der Waals surface area contributed by atoms with E-state index in [0.717, 1.165) is 31.8 Å². The van der Waals surface area contributed by atoms with Crippen LogP contribution in [0.5, 0.6) is 0 Å². The lowest BCUT2D eigenvalue weighted by Crippen LogP contribution is -2.54. The monoisotopic (exact) mass is 306 g/mol. The van der Waals surface area contributed by atoms with Gasteiger partial charge < -0.3 is 19.9 Å². The van der Waals surface area contributed by atoms with Crippen LogP contribution in [0.3, 0.4) is 0 Å². The van der Waals surface area contributed by atoms with Crippen molar-refractivity contribution in [1.29, 1.82) is 0 Å². The number of fused-ring (bicyclic) bond motifs is 1. The Labute approximate surface area is 130 Å². The normalized spacial score (nSPS) is 27.3. The number of carbonyl (C=O) groups is 2. The average Bonchev–Trinajstić information content (AvgIpc) is 2.92. The molecule has 1 fully saturated rings. The van der Waals surface area contributed by atoms with E-state index >= 15 is 0 Å².